The molecule has 7 rings (SSSR count). The van der Waals surface area contributed by atoms with Gasteiger partial charge in [-0.05, 0) is 36.1 Å². The summed E-state index contributed by atoms with van der Waals surface area (Å²) in [4.78, 5) is 5.38. The van der Waals surface area contributed by atoms with E-state index in [4.69, 9.17) is 0 Å². The Morgan fingerprint density at radius 3 is 2.50 bits per heavy atom. The SMILES string of the molecule is C=CC1C2=CC=CC3C4=CC5C(C=C4N(C1/C=C\C)C23)C(/C=C\C)=C1C(=C)C2C=CC=CC2N15. The molecule has 3 saturated heterocycles. The number of nitrogens with zero attached hydrogens (tertiary/aromatic N) is 2. The third-order valence-corrected chi connectivity index (χ3v) is 8.99. The van der Waals surface area contributed by atoms with E-state index in [0.29, 0.717) is 47.8 Å². The average molecular weight is 445 g/mol. The minimum Gasteiger partial charge on any atom is -0.356 e. The molecule has 0 spiro atoms. The van der Waals surface area contributed by atoms with Gasteiger partial charge in [0.15, 0.2) is 0 Å². The first-order chi connectivity index (χ1) is 16.7. The Labute approximate surface area is 203 Å². The summed E-state index contributed by atoms with van der Waals surface area (Å²) < 4.78 is 0. The Morgan fingerprint density at radius 2 is 1.71 bits per heavy atom. The van der Waals surface area contributed by atoms with Gasteiger partial charge < -0.3 is 9.80 Å². The van der Waals surface area contributed by atoms with Crippen molar-refractivity contribution in [3.63, 3.8) is 0 Å². The zero-order valence-electron chi connectivity index (χ0n) is 20.0. The molecular weight excluding hydrogens is 412 g/mol. The van der Waals surface area contributed by atoms with Crippen molar-refractivity contribution in [2.75, 3.05) is 0 Å². The molecular formula is C32H32N2. The van der Waals surface area contributed by atoms with Crippen LogP contribution in [0.25, 0.3) is 0 Å². The molecule has 0 saturated carbocycles. The number of allylic oxidation sites excluding steroid dienone is 9. The van der Waals surface area contributed by atoms with Crippen LogP contribution in [0.5, 0.6) is 0 Å². The van der Waals surface area contributed by atoms with Gasteiger partial charge >= 0.3 is 0 Å². The number of fused-ring (bicyclic) bond motifs is 8. The van der Waals surface area contributed by atoms with Crippen LogP contribution in [0.2, 0.25) is 0 Å². The Kier molecular flexibility index (Phi) is 4.22. The van der Waals surface area contributed by atoms with E-state index < -0.39 is 0 Å². The fourth-order valence-corrected chi connectivity index (χ4v) is 7.81. The molecule has 2 heteroatoms. The van der Waals surface area contributed by atoms with Crippen LogP contribution in [-0.2, 0) is 0 Å². The standard InChI is InChI=1S/C32H32N2/c1-5-11-22-25-17-30-26(18-29(25)33-28-16-9-8-13-21(28)19(4)31(22)33)24-15-10-14-23-20(7-3)27(12-6-2)34(30)32(23)24/h5-18,20-21,24-25,27-29,32H,3-4H2,1-2H3/b11-5-,12-6-. The lowest BCUT2D eigenvalue weighted by Crippen LogP contribution is -2.40. The molecule has 0 aromatic rings. The molecule has 170 valence electrons. The lowest BCUT2D eigenvalue weighted by atomic mass is 9.77. The summed E-state index contributed by atoms with van der Waals surface area (Å²) in [6.07, 6.45) is 32.7. The normalized spacial score (nSPS) is 40.5. The molecule has 3 fully saturated rings. The van der Waals surface area contributed by atoms with E-state index in [0.717, 1.165) is 0 Å². The molecule has 0 N–H and O–H groups in total. The summed E-state index contributed by atoms with van der Waals surface area (Å²) >= 11 is 0. The van der Waals surface area contributed by atoms with Crippen LogP contribution in [0.1, 0.15) is 13.8 Å². The van der Waals surface area contributed by atoms with E-state index in [2.05, 4.69) is 122 Å². The number of hydrogen-bond donors (Lipinski definition) is 0. The highest BCUT2D eigenvalue weighted by Gasteiger charge is 2.57. The van der Waals surface area contributed by atoms with Crippen molar-refractivity contribution >= 4 is 0 Å². The molecule has 0 aromatic carbocycles. The van der Waals surface area contributed by atoms with Gasteiger partial charge in [-0.15, -0.1) is 6.58 Å². The van der Waals surface area contributed by atoms with Crippen molar-refractivity contribution in [1.82, 2.24) is 9.80 Å². The van der Waals surface area contributed by atoms with Crippen molar-refractivity contribution in [2.45, 2.75) is 38.0 Å². The summed E-state index contributed by atoms with van der Waals surface area (Å²) in [5.41, 5.74) is 8.54. The fourth-order valence-electron chi connectivity index (χ4n) is 7.81. The van der Waals surface area contributed by atoms with Gasteiger partial charge in [-0.25, -0.2) is 0 Å². The molecule has 4 aliphatic heterocycles. The minimum atomic E-state index is 0.333. The van der Waals surface area contributed by atoms with Crippen LogP contribution in [0, 0.1) is 23.7 Å². The monoisotopic (exact) mass is 444 g/mol. The van der Waals surface area contributed by atoms with Gasteiger partial charge in [0.1, 0.15) is 0 Å². The lowest BCUT2D eigenvalue weighted by molar-refractivity contribution is 0.261. The van der Waals surface area contributed by atoms with Crippen LogP contribution in [-0.4, -0.2) is 34.0 Å². The molecule has 8 atom stereocenters. The summed E-state index contributed by atoms with van der Waals surface area (Å²) in [5, 5.41) is 0. The Balaban J connectivity index is 1.40. The lowest BCUT2D eigenvalue weighted by Gasteiger charge is -2.36. The van der Waals surface area contributed by atoms with E-state index >= 15 is 0 Å². The maximum Gasteiger partial charge on any atom is 0.0622 e. The second kappa shape index (κ2) is 7.12. The highest BCUT2D eigenvalue weighted by molar-refractivity contribution is 5.62. The largest absolute Gasteiger partial charge is 0.356 e. The molecule has 7 aliphatic rings. The van der Waals surface area contributed by atoms with Gasteiger partial charge in [-0.2, -0.15) is 0 Å². The first-order valence-electron chi connectivity index (χ1n) is 12.7. The third-order valence-electron chi connectivity index (χ3n) is 8.99. The Bertz CT molecular complexity index is 1270. The van der Waals surface area contributed by atoms with Crippen LogP contribution in [0.3, 0.4) is 0 Å². The summed E-state index contributed by atoms with van der Waals surface area (Å²) in [6, 6.07) is 1.47. The molecule has 34 heavy (non-hydrogen) atoms. The molecule has 0 amide bonds. The van der Waals surface area contributed by atoms with Gasteiger partial charge in [0.05, 0.1) is 24.2 Å². The average Bonchev–Trinajstić information content (AvgIpc) is 3.54. The zero-order valence-corrected chi connectivity index (χ0v) is 20.0. The number of hydrogen-bond acceptors (Lipinski definition) is 2. The van der Waals surface area contributed by atoms with Crippen molar-refractivity contribution in [3.8, 4) is 0 Å². The zero-order chi connectivity index (χ0) is 23.1. The van der Waals surface area contributed by atoms with E-state index in [1.165, 1.54) is 33.7 Å². The molecule has 0 aromatic heterocycles. The Hall–Kier alpha value is -3.26. The molecule has 0 bridgehead atoms. The smallest absolute Gasteiger partial charge is 0.0622 e. The number of rotatable bonds is 3. The van der Waals surface area contributed by atoms with Gasteiger partial charge in [-0.3, -0.25) is 0 Å². The predicted octanol–water partition coefficient (Wildman–Crippen LogP) is 6.18. The second-order valence-electron chi connectivity index (χ2n) is 10.4. The van der Waals surface area contributed by atoms with Crippen molar-refractivity contribution < 1.29 is 0 Å². The second-order valence-corrected chi connectivity index (χ2v) is 10.4. The van der Waals surface area contributed by atoms with Crippen molar-refractivity contribution in [3.05, 3.63) is 132 Å². The maximum absolute atomic E-state index is 4.60. The van der Waals surface area contributed by atoms with Crippen molar-refractivity contribution in [2.24, 2.45) is 23.7 Å². The summed E-state index contributed by atoms with van der Waals surface area (Å²) in [7, 11) is 0. The molecule has 2 nitrogen and oxygen atoms in total. The highest BCUT2D eigenvalue weighted by Crippen LogP contribution is 2.58. The molecule has 4 heterocycles. The minimum absolute atomic E-state index is 0.333. The quantitative estimate of drug-likeness (QED) is 0.480. The van der Waals surface area contributed by atoms with Crippen LogP contribution in [0.15, 0.2) is 132 Å². The van der Waals surface area contributed by atoms with Crippen LogP contribution in [0.4, 0.5) is 0 Å². The van der Waals surface area contributed by atoms with Crippen molar-refractivity contribution in [1.29, 1.82) is 0 Å². The topological polar surface area (TPSA) is 6.48 Å². The van der Waals surface area contributed by atoms with Gasteiger partial charge in [0.2, 0.25) is 0 Å². The molecule has 0 radical (unpaired) electrons. The van der Waals surface area contributed by atoms with E-state index in [-0.39, 0.29) is 0 Å². The van der Waals surface area contributed by atoms with Crippen LogP contribution < -0.4 is 0 Å². The Morgan fingerprint density at radius 1 is 0.882 bits per heavy atom. The van der Waals surface area contributed by atoms with Gasteiger partial charge in [0, 0.05) is 35.1 Å². The maximum atomic E-state index is 4.60. The third kappa shape index (κ3) is 2.32. The van der Waals surface area contributed by atoms with Gasteiger partial charge in [0.25, 0.3) is 0 Å². The predicted molar refractivity (Wildman–Crippen MR) is 140 cm³/mol. The van der Waals surface area contributed by atoms with E-state index in [1.807, 2.05) is 0 Å². The molecule has 8 unspecified atom stereocenters. The first kappa shape index (κ1) is 20.1. The van der Waals surface area contributed by atoms with Gasteiger partial charge in [-0.1, -0.05) is 91.6 Å². The van der Waals surface area contributed by atoms with Crippen LogP contribution >= 0.6 is 0 Å². The molecule has 3 aliphatic carbocycles. The summed E-state index contributed by atoms with van der Waals surface area (Å²) in [5.74, 6) is 1.52. The summed E-state index contributed by atoms with van der Waals surface area (Å²) in [6.45, 7) is 13.1. The first-order valence-corrected chi connectivity index (χ1v) is 12.7. The highest BCUT2D eigenvalue weighted by atomic mass is 15.3. The van der Waals surface area contributed by atoms with E-state index in [9.17, 15) is 0 Å². The fraction of sp³-hybridized carbons (Fsp3) is 0.312. The van der Waals surface area contributed by atoms with E-state index in [1.54, 1.807) is 0 Å².